The molecule has 0 aliphatic carbocycles. The van der Waals surface area contributed by atoms with Crippen LogP contribution in [0.5, 0.6) is 5.75 Å². The van der Waals surface area contributed by atoms with Crippen LogP contribution in [0.1, 0.15) is 5.56 Å². The summed E-state index contributed by atoms with van der Waals surface area (Å²) in [5.74, 6) is 0.692. The molecule has 1 N–H and O–H groups in total. The molecule has 0 unspecified atom stereocenters. The first-order valence-corrected chi connectivity index (χ1v) is 7.08. The van der Waals surface area contributed by atoms with Crippen LogP contribution < -0.4 is 10.1 Å². The lowest BCUT2D eigenvalue weighted by molar-refractivity contribution is 0.414. The van der Waals surface area contributed by atoms with Crippen molar-refractivity contribution in [1.29, 1.82) is 0 Å². The molecule has 2 aromatic carbocycles. The summed E-state index contributed by atoms with van der Waals surface area (Å²) < 4.78 is 6.27. The highest BCUT2D eigenvalue weighted by Gasteiger charge is 2.09. The van der Waals surface area contributed by atoms with Gasteiger partial charge in [-0.3, -0.25) is 0 Å². The van der Waals surface area contributed by atoms with E-state index in [1.54, 1.807) is 25.3 Å². The average molecular weight is 357 g/mol. The predicted octanol–water partition coefficient (Wildman–Crippen LogP) is 4.90. The van der Waals surface area contributed by atoms with Gasteiger partial charge in [-0.05, 0) is 36.4 Å². The van der Waals surface area contributed by atoms with Crippen molar-refractivity contribution in [2.24, 2.45) is 0 Å². The van der Waals surface area contributed by atoms with Crippen molar-refractivity contribution in [1.82, 2.24) is 0 Å². The predicted molar refractivity (Wildman–Crippen MR) is 87.5 cm³/mol. The number of anilines is 1. The number of benzene rings is 2. The minimum Gasteiger partial charge on any atom is -0.496 e. The Bertz CT molecular complexity index is 618. The third-order valence-corrected chi connectivity index (χ3v) is 3.54. The van der Waals surface area contributed by atoms with Gasteiger partial charge in [-0.2, -0.15) is 0 Å². The molecule has 0 saturated carbocycles. The first-order valence-electron chi connectivity index (χ1n) is 5.50. The molecule has 0 bridgehead atoms. The number of rotatable bonds is 3. The van der Waals surface area contributed by atoms with Crippen LogP contribution in [0.25, 0.3) is 0 Å². The van der Waals surface area contributed by atoms with Gasteiger partial charge in [0.2, 0.25) is 0 Å². The maximum atomic E-state index is 6.00. The van der Waals surface area contributed by atoms with Crippen molar-refractivity contribution >= 4 is 50.4 Å². The fourth-order valence-corrected chi connectivity index (χ4v) is 2.47. The SMILES string of the molecule is COc1ccc(Cl)cc1C(=S)Nc1cccc(Br)c1. The van der Waals surface area contributed by atoms with Crippen molar-refractivity contribution in [3.8, 4) is 5.75 Å². The second-order valence-electron chi connectivity index (χ2n) is 3.81. The molecule has 0 aliphatic rings. The molecule has 2 rings (SSSR count). The molecule has 0 aliphatic heterocycles. The van der Waals surface area contributed by atoms with Crippen molar-refractivity contribution in [2.45, 2.75) is 0 Å². The van der Waals surface area contributed by atoms with E-state index in [0.29, 0.717) is 15.8 Å². The van der Waals surface area contributed by atoms with Gasteiger partial charge in [0, 0.05) is 15.2 Å². The van der Waals surface area contributed by atoms with Gasteiger partial charge in [0.05, 0.1) is 12.7 Å². The first-order chi connectivity index (χ1) is 9.10. The van der Waals surface area contributed by atoms with Gasteiger partial charge in [0.15, 0.2) is 0 Å². The fraction of sp³-hybridized carbons (Fsp3) is 0.0714. The van der Waals surface area contributed by atoms with Crippen LogP contribution in [0.4, 0.5) is 5.69 Å². The summed E-state index contributed by atoms with van der Waals surface area (Å²) in [4.78, 5) is 0.567. The molecule has 2 aromatic rings. The van der Waals surface area contributed by atoms with E-state index in [1.807, 2.05) is 24.3 Å². The number of hydrogen-bond donors (Lipinski definition) is 1. The summed E-state index contributed by atoms with van der Waals surface area (Å²) in [6.45, 7) is 0. The third kappa shape index (κ3) is 3.69. The maximum Gasteiger partial charge on any atom is 0.129 e. The van der Waals surface area contributed by atoms with E-state index in [1.165, 1.54) is 0 Å². The molecule has 0 amide bonds. The Morgan fingerprint density at radius 3 is 2.74 bits per heavy atom. The van der Waals surface area contributed by atoms with Crippen molar-refractivity contribution in [2.75, 3.05) is 12.4 Å². The Morgan fingerprint density at radius 2 is 2.05 bits per heavy atom. The summed E-state index contributed by atoms with van der Waals surface area (Å²) in [7, 11) is 1.61. The second-order valence-corrected chi connectivity index (χ2v) is 5.57. The highest BCUT2D eigenvalue weighted by Crippen LogP contribution is 2.25. The molecule has 2 nitrogen and oxygen atoms in total. The molecule has 19 heavy (non-hydrogen) atoms. The number of halogens is 2. The van der Waals surface area contributed by atoms with Gasteiger partial charge in [0.1, 0.15) is 10.7 Å². The molecule has 0 aromatic heterocycles. The van der Waals surface area contributed by atoms with E-state index >= 15 is 0 Å². The minimum absolute atomic E-state index is 0.567. The molecular formula is C14H11BrClNOS. The normalized spacial score (nSPS) is 10.1. The number of thiocarbonyl (C=S) groups is 1. The van der Waals surface area contributed by atoms with Gasteiger partial charge in [-0.25, -0.2) is 0 Å². The van der Waals surface area contributed by atoms with Crippen molar-refractivity contribution in [3.05, 3.63) is 57.5 Å². The van der Waals surface area contributed by atoms with Gasteiger partial charge >= 0.3 is 0 Å². The Hall–Kier alpha value is -1.10. The average Bonchev–Trinajstić information content (AvgIpc) is 2.38. The number of nitrogens with one attached hydrogen (secondary N) is 1. The fourth-order valence-electron chi connectivity index (χ4n) is 1.62. The smallest absolute Gasteiger partial charge is 0.129 e. The summed E-state index contributed by atoms with van der Waals surface area (Å²) in [5, 5.41) is 3.78. The second kappa shape index (κ2) is 6.37. The lowest BCUT2D eigenvalue weighted by atomic mass is 10.2. The van der Waals surface area contributed by atoms with Crippen LogP contribution >= 0.6 is 39.7 Å². The van der Waals surface area contributed by atoms with Gasteiger partial charge in [0.25, 0.3) is 0 Å². The molecule has 0 spiro atoms. The van der Waals surface area contributed by atoms with Crippen LogP contribution in [0.2, 0.25) is 5.02 Å². The molecule has 5 heteroatoms. The highest BCUT2D eigenvalue weighted by molar-refractivity contribution is 9.10. The summed E-state index contributed by atoms with van der Waals surface area (Å²) >= 11 is 14.8. The summed E-state index contributed by atoms with van der Waals surface area (Å²) in [5.41, 5.74) is 1.67. The quantitative estimate of drug-likeness (QED) is 0.790. The van der Waals surface area contributed by atoms with E-state index in [2.05, 4.69) is 21.2 Å². The van der Waals surface area contributed by atoms with Crippen LogP contribution in [0, 0.1) is 0 Å². The standard InChI is InChI=1S/C14H11BrClNOS/c1-18-13-6-5-10(16)8-12(13)14(19)17-11-4-2-3-9(15)7-11/h2-8H,1H3,(H,17,19). The van der Waals surface area contributed by atoms with E-state index in [4.69, 9.17) is 28.6 Å². The molecule has 0 saturated heterocycles. The number of hydrogen-bond acceptors (Lipinski definition) is 2. The zero-order chi connectivity index (χ0) is 13.8. The third-order valence-electron chi connectivity index (χ3n) is 2.49. The Morgan fingerprint density at radius 1 is 1.26 bits per heavy atom. The van der Waals surface area contributed by atoms with Crippen LogP contribution in [0.3, 0.4) is 0 Å². The van der Waals surface area contributed by atoms with Gasteiger partial charge < -0.3 is 10.1 Å². The summed E-state index contributed by atoms with van der Waals surface area (Å²) in [6, 6.07) is 13.1. The lowest BCUT2D eigenvalue weighted by Gasteiger charge is -2.12. The maximum absolute atomic E-state index is 6.00. The molecular weight excluding hydrogens is 346 g/mol. The van der Waals surface area contributed by atoms with E-state index in [-0.39, 0.29) is 0 Å². The molecule has 0 fully saturated rings. The van der Waals surface area contributed by atoms with E-state index < -0.39 is 0 Å². The van der Waals surface area contributed by atoms with Gasteiger partial charge in [-0.15, -0.1) is 0 Å². The Kier molecular flexibility index (Phi) is 4.80. The van der Waals surface area contributed by atoms with Crippen molar-refractivity contribution < 1.29 is 4.74 Å². The molecule has 0 heterocycles. The van der Waals surface area contributed by atoms with Crippen LogP contribution in [-0.2, 0) is 0 Å². The van der Waals surface area contributed by atoms with Crippen molar-refractivity contribution in [3.63, 3.8) is 0 Å². The van der Waals surface area contributed by atoms with Crippen LogP contribution in [-0.4, -0.2) is 12.1 Å². The van der Waals surface area contributed by atoms with Crippen LogP contribution in [0.15, 0.2) is 46.9 Å². The van der Waals surface area contributed by atoms with Gasteiger partial charge in [-0.1, -0.05) is 45.8 Å². The molecule has 98 valence electrons. The topological polar surface area (TPSA) is 21.3 Å². The Balaban J connectivity index is 2.27. The minimum atomic E-state index is 0.567. The Labute approximate surface area is 130 Å². The monoisotopic (exact) mass is 355 g/mol. The van der Waals surface area contributed by atoms with E-state index in [9.17, 15) is 0 Å². The first kappa shape index (κ1) is 14.3. The number of methoxy groups -OCH3 is 1. The zero-order valence-electron chi connectivity index (χ0n) is 10.1. The summed E-state index contributed by atoms with van der Waals surface area (Å²) in [6.07, 6.45) is 0. The lowest BCUT2D eigenvalue weighted by Crippen LogP contribution is -2.11. The highest BCUT2D eigenvalue weighted by atomic mass is 79.9. The van der Waals surface area contributed by atoms with E-state index in [0.717, 1.165) is 15.7 Å². The number of ether oxygens (including phenoxy) is 1. The molecule has 0 atom stereocenters. The largest absolute Gasteiger partial charge is 0.496 e. The zero-order valence-corrected chi connectivity index (χ0v) is 13.3. The molecule has 0 radical (unpaired) electrons.